The number of Topliss-reactive ketones (excluding diaryl/α,β-unsaturated/α-hetero) is 1. The van der Waals surface area contributed by atoms with Crippen molar-refractivity contribution >= 4 is 93.9 Å². The average molecular weight is 1340 g/mol. The Morgan fingerprint density at radius 3 is 2.31 bits per heavy atom. The molecule has 6 rings (SSSR count). The van der Waals surface area contributed by atoms with Crippen molar-refractivity contribution in [1.82, 2.24) is 31.2 Å². The van der Waals surface area contributed by atoms with E-state index in [0.29, 0.717) is 32.7 Å². The number of primary amides is 1. The Bertz CT molecular complexity index is 3190. The summed E-state index contributed by atoms with van der Waals surface area (Å²) in [4.78, 5) is 139. The first-order valence-corrected chi connectivity index (χ1v) is 31.6. The van der Waals surface area contributed by atoms with Crippen molar-refractivity contribution in [3.8, 4) is 5.75 Å². The second-order valence-electron chi connectivity index (χ2n) is 24.3. The zero-order chi connectivity index (χ0) is 68.6. The normalized spacial score (nSPS) is 24.2. The number of alkyl carbamates (subject to hydrolysis) is 1. The molecule has 510 valence electrons. The molecular formula is C64H87ClN8O19S. The number of amides is 8. The molecule has 0 unspecified atom stereocenters. The van der Waals surface area contributed by atoms with E-state index in [1.165, 1.54) is 38.1 Å². The van der Waals surface area contributed by atoms with Crippen LogP contribution in [-0.2, 0) is 79.7 Å². The Morgan fingerprint density at radius 2 is 1.66 bits per heavy atom. The molecular weight excluding hydrogens is 1250 g/mol. The number of anilines is 1. The number of hydrogen-bond acceptors (Lipinski definition) is 20. The number of methoxy groups -OCH3 is 1. The Hall–Kier alpha value is -7.60. The number of nitrogens with zero attached hydrogens (tertiary/aromatic N) is 3. The van der Waals surface area contributed by atoms with E-state index in [4.69, 9.17) is 62.8 Å². The summed E-state index contributed by atoms with van der Waals surface area (Å²) in [5, 5.41) is 35.0. The lowest BCUT2D eigenvalue weighted by Crippen LogP contribution is -2.63. The van der Waals surface area contributed by atoms with Gasteiger partial charge in [0.2, 0.25) is 11.8 Å². The van der Waals surface area contributed by atoms with Crippen molar-refractivity contribution in [2.24, 2.45) is 23.5 Å². The highest BCUT2D eigenvalue weighted by Gasteiger charge is 2.64. The second kappa shape index (κ2) is 33.5. The van der Waals surface area contributed by atoms with Gasteiger partial charge in [-0.1, -0.05) is 80.5 Å². The van der Waals surface area contributed by atoms with E-state index in [0.717, 1.165) is 22.1 Å². The number of ketones is 1. The molecule has 8 amide bonds. The number of aliphatic hydroxyl groups is 1. The molecule has 4 heterocycles. The van der Waals surface area contributed by atoms with Crippen LogP contribution in [0, 0.1) is 24.7 Å². The monoisotopic (exact) mass is 1340 g/mol. The second-order valence-corrected chi connectivity index (χ2v) is 25.2. The van der Waals surface area contributed by atoms with Gasteiger partial charge in [-0.05, 0) is 82.2 Å². The summed E-state index contributed by atoms with van der Waals surface area (Å²) in [6.07, 6.45) is -0.0423. The predicted octanol–water partition coefficient (Wildman–Crippen LogP) is 4.49. The van der Waals surface area contributed by atoms with E-state index in [1.54, 1.807) is 39.1 Å². The fourth-order valence-corrected chi connectivity index (χ4v) is 11.7. The van der Waals surface area contributed by atoms with E-state index >= 15 is 0 Å². The lowest BCUT2D eigenvalue weighted by atomic mass is 9.83. The maximum Gasteiger partial charge on any atom is 0.409 e. The van der Waals surface area contributed by atoms with Gasteiger partial charge in [-0.2, -0.15) is 0 Å². The number of fused-ring (bicyclic) bond motifs is 5. The molecule has 0 aliphatic carbocycles. The molecule has 0 aromatic heterocycles. The number of thiocarbonyl (C=S) groups is 1. The fourth-order valence-electron chi connectivity index (χ4n) is 11.1. The number of ether oxygens (including phenoxy) is 6. The summed E-state index contributed by atoms with van der Waals surface area (Å²) in [6, 6.07) is 4.40. The number of carbonyl (C=O) groups excluding carboxylic acids is 10. The van der Waals surface area contributed by atoms with E-state index in [9.17, 15) is 58.2 Å². The predicted molar refractivity (Wildman–Crippen MR) is 341 cm³/mol. The van der Waals surface area contributed by atoms with Crippen molar-refractivity contribution in [2.75, 3.05) is 65.6 Å². The molecule has 0 radical (unpaired) electrons. The summed E-state index contributed by atoms with van der Waals surface area (Å²) >= 11 is 12.4. The third kappa shape index (κ3) is 20.2. The Kier molecular flexibility index (Phi) is 26.8. The minimum Gasteiger partial charge on any atom is -0.508 e. The smallest absolute Gasteiger partial charge is 0.409 e. The van der Waals surface area contributed by atoms with E-state index < -0.39 is 138 Å². The van der Waals surface area contributed by atoms with Crippen LogP contribution < -0.4 is 31.9 Å². The van der Waals surface area contributed by atoms with Gasteiger partial charge in [0.15, 0.2) is 11.5 Å². The van der Waals surface area contributed by atoms with Crippen molar-refractivity contribution in [3.63, 3.8) is 0 Å². The molecule has 4 bridgehead atoms. The maximum atomic E-state index is 14.5. The number of likely N-dealkylation sites (N-methyl/N-ethyl adjacent to an activating group) is 1. The van der Waals surface area contributed by atoms with Crippen LogP contribution in [0.25, 0.3) is 0 Å². The van der Waals surface area contributed by atoms with Crippen LogP contribution in [-0.4, -0.2) is 193 Å². The number of hydroxylamine groups is 2. The Balaban J connectivity index is 1.09. The molecule has 93 heavy (non-hydrogen) atoms. The molecule has 0 spiro atoms. The standard InChI is InChI=1S/C64H87ClN8O19S/c1-35(2)43(32-51(93)67-22-24-88-26-25-87-23-20-55(79)92-73-52(76)18-19-53(73)77)58(80)69-44(14-12-21-68-61(66)83)47(75)30-41-16-17-42(31-46(41)74)59(81)71(8)39(6)60(82)90-50-33-54(78)72(9)45-29-40(28-37(4)56(45)65)27-36(3)13-11-15-49(86-10)64(85)34-48(89-62(84)70-64)38(5)57-63(50,7)91-57/h11,13,15-17,28-29,31,35,38-39,43-44,48-50,57,74,85H,12,14,18-27,30,32-34H2,1-10H3,(H,67,93)(H,69,80)(H,70,84)(H3,66,68,83)/b15-11+,36-13+/t38-,39+,43+,44+,48+,49-,50+,57+,63+,64+/m1/s1. The van der Waals surface area contributed by atoms with Crippen molar-refractivity contribution in [2.45, 2.75) is 160 Å². The van der Waals surface area contributed by atoms with Gasteiger partial charge in [0.1, 0.15) is 35.7 Å². The quantitative estimate of drug-likeness (QED) is 0.0213. The number of nitrogens with one attached hydrogen (secondary N) is 4. The lowest BCUT2D eigenvalue weighted by Gasteiger charge is -2.42. The number of halogens is 1. The molecule has 4 aliphatic rings. The SMILES string of the molecule is CO[C@@H]1/C=C/C=C(\C)Cc2cc(C)c(Cl)c(c2)N(C)C(=O)C[C@H](OC(=O)[C@H](C)N(C)C(=O)c2ccc(CC(=O)[C@H](CCCNC(N)=O)NC(=O)[C@@H](CC(=S)NCCOCCOCCC(=O)ON3C(=O)CCC3=O)C(C)C)c(O)c2)[C@]2(C)O[C@H]2[C@H](C)[C@@H]2C[C@@]1(O)NC(=O)O2. The third-order valence-corrected chi connectivity index (χ3v) is 17.8. The Morgan fingerprint density at radius 1 is 0.968 bits per heavy atom. The minimum absolute atomic E-state index is 0.0117. The first kappa shape index (κ1) is 74.4. The number of aryl methyl sites for hydroxylation is 1. The highest BCUT2D eigenvalue weighted by atomic mass is 35.5. The van der Waals surface area contributed by atoms with E-state index in [1.807, 2.05) is 39.8 Å². The number of esters is 1. The number of urea groups is 1. The van der Waals surface area contributed by atoms with E-state index in [-0.39, 0.29) is 102 Å². The fraction of sp³-hybridized carbons (Fsp3) is 0.578. The highest BCUT2D eigenvalue weighted by Crippen LogP contribution is 2.49. The molecule has 4 aliphatic heterocycles. The van der Waals surface area contributed by atoms with Gasteiger partial charge in [-0.15, -0.1) is 5.06 Å². The summed E-state index contributed by atoms with van der Waals surface area (Å²) in [5.74, 6) is -7.08. The van der Waals surface area contributed by atoms with Crippen molar-refractivity contribution in [3.05, 3.63) is 81.4 Å². The third-order valence-electron chi connectivity index (χ3n) is 17.0. The molecule has 29 heteroatoms. The van der Waals surface area contributed by atoms with E-state index in [2.05, 4.69) is 21.3 Å². The number of phenols is 1. The Labute approximate surface area is 550 Å². The maximum absolute atomic E-state index is 14.5. The van der Waals surface area contributed by atoms with Crippen LogP contribution in [0.5, 0.6) is 5.75 Å². The van der Waals surface area contributed by atoms with Crippen LogP contribution >= 0.6 is 23.8 Å². The molecule has 3 fully saturated rings. The molecule has 3 saturated heterocycles. The molecule has 2 aromatic rings. The molecule has 27 nitrogen and oxygen atoms in total. The lowest BCUT2D eigenvalue weighted by molar-refractivity contribution is -0.198. The summed E-state index contributed by atoms with van der Waals surface area (Å²) < 4.78 is 34.9. The zero-order valence-electron chi connectivity index (χ0n) is 54.2. The number of epoxide rings is 1. The molecule has 0 saturated carbocycles. The van der Waals surface area contributed by atoms with Gasteiger partial charge in [0, 0.05) is 89.4 Å². The number of hydrogen-bond donors (Lipinski definition) is 7. The number of carbonyl (C=O) groups is 10. The number of phenolic OH excluding ortho intramolecular Hbond substituents is 1. The first-order valence-electron chi connectivity index (χ1n) is 30.8. The number of allylic oxidation sites excluding steroid dienone is 3. The van der Waals surface area contributed by atoms with Crippen LogP contribution in [0.3, 0.4) is 0 Å². The van der Waals surface area contributed by atoms with Crippen molar-refractivity contribution < 1.29 is 91.4 Å². The van der Waals surface area contributed by atoms with Crippen LogP contribution in [0.2, 0.25) is 5.02 Å². The van der Waals surface area contributed by atoms with Gasteiger partial charge in [0.25, 0.3) is 17.7 Å². The summed E-state index contributed by atoms with van der Waals surface area (Å²) in [7, 11) is 4.30. The van der Waals surface area contributed by atoms with Crippen LogP contribution in [0.1, 0.15) is 120 Å². The summed E-state index contributed by atoms with van der Waals surface area (Å²) in [5.41, 5.74) is 4.89. The van der Waals surface area contributed by atoms with Gasteiger partial charge < -0.3 is 75.0 Å². The number of aromatic hydroxyl groups is 1. The number of imide groups is 1. The average Bonchev–Trinajstić information content (AvgIpc) is 1.59. The zero-order valence-corrected chi connectivity index (χ0v) is 55.7. The first-order chi connectivity index (χ1) is 43.9. The molecule has 10 atom stereocenters. The summed E-state index contributed by atoms with van der Waals surface area (Å²) in [6.45, 7) is 13.1. The topological polar surface area (TPSA) is 363 Å². The van der Waals surface area contributed by atoms with Gasteiger partial charge in [0.05, 0.1) is 67.1 Å². The van der Waals surface area contributed by atoms with Gasteiger partial charge in [-0.25, -0.2) is 19.2 Å². The largest absolute Gasteiger partial charge is 0.508 e. The van der Waals surface area contributed by atoms with Gasteiger partial charge >= 0.3 is 24.1 Å². The highest BCUT2D eigenvalue weighted by molar-refractivity contribution is 7.80. The number of nitrogens with two attached hydrogens (primary N) is 1. The number of rotatable bonds is 27. The molecule has 2 aromatic carbocycles. The minimum atomic E-state index is -1.91. The van der Waals surface area contributed by atoms with Crippen LogP contribution in [0.15, 0.2) is 54.1 Å². The van der Waals surface area contributed by atoms with Gasteiger partial charge in [-0.3, -0.25) is 34.1 Å². The number of benzene rings is 2. The van der Waals surface area contributed by atoms with Crippen LogP contribution in [0.4, 0.5) is 15.3 Å². The van der Waals surface area contributed by atoms with Crippen molar-refractivity contribution in [1.29, 1.82) is 0 Å². The molecule has 8 N–H and O–H groups in total.